The third kappa shape index (κ3) is 2.27. The molecule has 0 unspecified atom stereocenters. The molecule has 0 fully saturated rings. The molecule has 0 saturated carbocycles. The van der Waals surface area contributed by atoms with Crippen LogP contribution >= 0.6 is 0 Å². The second kappa shape index (κ2) is 4.86. The third-order valence-corrected chi connectivity index (χ3v) is 2.21. The average Bonchev–Trinajstić information content (AvgIpc) is 2.29. The summed E-state index contributed by atoms with van der Waals surface area (Å²) in [7, 11) is 0. The Kier molecular flexibility index (Phi) is 3.53. The number of nitro benzene ring substituents is 1. The Bertz CT molecular complexity index is 552. The van der Waals surface area contributed by atoms with Crippen LogP contribution in [0.3, 0.4) is 0 Å². The number of aryl methyl sites for hydroxylation is 1. The van der Waals surface area contributed by atoms with Crippen LogP contribution in [0.25, 0.3) is 0 Å². The Labute approximate surface area is 96.9 Å². The van der Waals surface area contributed by atoms with Crippen molar-refractivity contribution in [1.82, 2.24) is 0 Å². The summed E-state index contributed by atoms with van der Waals surface area (Å²) in [4.78, 5) is 21.9. The molecule has 0 aliphatic rings. The Balaban J connectivity index is 3.42. The summed E-state index contributed by atoms with van der Waals surface area (Å²) < 4.78 is 0. The molecular weight excluding hydrogens is 222 g/mol. The van der Waals surface area contributed by atoms with Gasteiger partial charge in [-0.1, -0.05) is 12.1 Å². The number of ketones is 1. The minimum Gasteiger partial charge on any atom is -0.291 e. The third-order valence-electron chi connectivity index (χ3n) is 2.21. The van der Waals surface area contributed by atoms with Gasteiger partial charge in [0, 0.05) is 6.07 Å². The maximum Gasteiger partial charge on any atom is 0.280 e. The van der Waals surface area contributed by atoms with Gasteiger partial charge in [-0.15, -0.1) is 0 Å². The van der Waals surface area contributed by atoms with Crippen LogP contribution in [0.1, 0.15) is 15.9 Å². The summed E-state index contributed by atoms with van der Waals surface area (Å²) in [6.07, 6.45) is 0. The Morgan fingerprint density at radius 2 is 2.00 bits per heavy atom. The molecule has 1 aromatic carbocycles. The van der Waals surface area contributed by atoms with Gasteiger partial charge in [0.15, 0.2) is 5.92 Å². The summed E-state index contributed by atoms with van der Waals surface area (Å²) in [5, 5.41) is 28.0. The topological polar surface area (TPSA) is 108 Å². The number of nitrogens with zero attached hydrogens (tertiary/aromatic N) is 3. The van der Waals surface area contributed by atoms with Crippen molar-refractivity contribution in [2.45, 2.75) is 6.92 Å². The van der Waals surface area contributed by atoms with Crippen molar-refractivity contribution in [3.8, 4) is 12.1 Å². The number of carbonyl (C=O) groups excluding carboxylic acids is 1. The first-order valence-electron chi connectivity index (χ1n) is 4.60. The van der Waals surface area contributed by atoms with Crippen molar-refractivity contribution in [3.63, 3.8) is 0 Å². The zero-order chi connectivity index (χ0) is 13.0. The lowest BCUT2D eigenvalue weighted by Crippen LogP contribution is -2.14. The molecule has 0 N–H and O–H groups in total. The highest BCUT2D eigenvalue weighted by molar-refractivity contribution is 6.05. The van der Waals surface area contributed by atoms with Crippen molar-refractivity contribution in [1.29, 1.82) is 10.5 Å². The van der Waals surface area contributed by atoms with Crippen LogP contribution in [0.2, 0.25) is 0 Å². The molecule has 0 radical (unpaired) electrons. The van der Waals surface area contributed by atoms with E-state index in [9.17, 15) is 14.9 Å². The van der Waals surface area contributed by atoms with Gasteiger partial charge >= 0.3 is 0 Å². The summed E-state index contributed by atoms with van der Waals surface area (Å²) in [5.74, 6) is -2.35. The van der Waals surface area contributed by atoms with Gasteiger partial charge in [0.1, 0.15) is 5.56 Å². The second-order valence-corrected chi connectivity index (χ2v) is 3.28. The fraction of sp³-hybridized carbons (Fsp3) is 0.182. The minimum absolute atomic E-state index is 0.175. The van der Waals surface area contributed by atoms with Crippen LogP contribution in [0.5, 0.6) is 0 Å². The molecule has 1 rings (SSSR count). The number of Topliss-reactive ketones (excluding diaryl/α,β-unsaturated/α-hetero) is 1. The number of carbonyl (C=O) groups is 1. The smallest absolute Gasteiger partial charge is 0.280 e. The zero-order valence-corrected chi connectivity index (χ0v) is 8.88. The quantitative estimate of drug-likeness (QED) is 0.445. The van der Waals surface area contributed by atoms with Gasteiger partial charge in [-0.2, -0.15) is 10.5 Å². The van der Waals surface area contributed by atoms with Crippen LogP contribution in [-0.4, -0.2) is 10.7 Å². The molecule has 84 valence electrons. The first-order valence-corrected chi connectivity index (χ1v) is 4.60. The van der Waals surface area contributed by atoms with E-state index in [0.717, 1.165) is 0 Å². The lowest BCUT2D eigenvalue weighted by Gasteiger charge is -2.05. The fourth-order valence-corrected chi connectivity index (χ4v) is 1.42. The van der Waals surface area contributed by atoms with E-state index >= 15 is 0 Å². The normalized spacial score (nSPS) is 9.41. The number of hydrogen-bond acceptors (Lipinski definition) is 5. The first-order chi connectivity index (χ1) is 8.02. The minimum atomic E-state index is -1.52. The molecule has 1 aromatic rings. The molecule has 6 heteroatoms. The van der Waals surface area contributed by atoms with Gasteiger partial charge < -0.3 is 0 Å². The molecule has 0 aliphatic heterocycles. The van der Waals surface area contributed by atoms with Crippen molar-refractivity contribution < 1.29 is 9.72 Å². The molecule has 0 aromatic heterocycles. The molecule has 0 spiro atoms. The van der Waals surface area contributed by atoms with Crippen LogP contribution in [0.15, 0.2) is 18.2 Å². The molecule has 0 heterocycles. The molecule has 0 saturated heterocycles. The summed E-state index contributed by atoms with van der Waals surface area (Å²) in [6.45, 7) is 1.52. The maximum absolute atomic E-state index is 11.8. The molecule has 0 atom stereocenters. The first kappa shape index (κ1) is 12.3. The fourth-order valence-electron chi connectivity index (χ4n) is 1.42. The van der Waals surface area contributed by atoms with Gasteiger partial charge in [-0.3, -0.25) is 14.9 Å². The second-order valence-electron chi connectivity index (χ2n) is 3.28. The van der Waals surface area contributed by atoms with E-state index in [1.807, 2.05) is 0 Å². The van der Waals surface area contributed by atoms with E-state index in [2.05, 4.69) is 0 Å². The largest absolute Gasteiger partial charge is 0.291 e. The standard InChI is InChI=1S/C11H7N3O3/c1-7-3-2-4-9(14(16)17)10(7)11(15)8(5-12)6-13/h2-4,8H,1H3. The molecule has 0 aliphatic carbocycles. The van der Waals surface area contributed by atoms with Crippen LogP contribution < -0.4 is 0 Å². The summed E-state index contributed by atoms with van der Waals surface area (Å²) in [6, 6.07) is 7.16. The van der Waals surface area contributed by atoms with Crippen molar-refractivity contribution in [2.24, 2.45) is 5.92 Å². The molecule has 0 amide bonds. The van der Waals surface area contributed by atoms with Gasteiger partial charge in [-0.25, -0.2) is 0 Å². The van der Waals surface area contributed by atoms with Crippen molar-refractivity contribution in [2.75, 3.05) is 0 Å². The van der Waals surface area contributed by atoms with E-state index in [0.29, 0.717) is 5.56 Å². The SMILES string of the molecule is Cc1cccc([N+](=O)[O-])c1C(=O)C(C#N)C#N. The molecular formula is C11H7N3O3. The Morgan fingerprint density at radius 3 is 2.47 bits per heavy atom. The lowest BCUT2D eigenvalue weighted by atomic mass is 9.95. The number of hydrogen-bond donors (Lipinski definition) is 0. The van der Waals surface area contributed by atoms with E-state index in [1.54, 1.807) is 0 Å². The maximum atomic E-state index is 11.8. The molecule has 0 bridgehead atoms. The summed E-state index contributed by atoms with van der Waals surface area (Å²) >= 11 is 0. The van der Waals surface area contributed by atoms with Gasteiger partial charge in [0.05, 0.1) is 17.1 Å². The zero-order valence-electron chi connectivity index (χ0n) is 8.88. The summed E-state index contributed by atoms with van der Waals surface area (Å²) in [5.41, 5.74) is -0.184. The van der Waals surface area contributed by atoms with E-state index in [-0.39, 0.29) is 11.3 Å². The number of nitro groups is 1. The van der Waals surface area contributed by atoms with E-state index in [1.165, 1.54) is 37.3 Å². The van der Waals surface area contributed by atoms with Crippen LogP contribution in [0, 0.1) is 45.6 Å². The van der Waals surface area contributed by atoms with E-state index < -0.39 is 16.6 Å². The van der Waals surface area contributed by atoms with Gasteiger partial charge in [-0.05, 0) is 12.5 Å². The average molecular weight is 229 g/mol. The van der Waals surface area contributed by atoms with Crippen molar-refractivity contribution >= 4 is 11.5 Å². The predicted octanol–water partition coefficient (Wildman–Crippen LogP) is 1.75. The van der Waals surface area contributed by atoms with Crippen LogP contribution in [-0.2, 0) is 0 Å². The number of nitriles is 2. The predicted molar refractivity (Wildman–Crippen MR) is 56.9 cm³/mol. The highest BCUT2D eigenvalue weighted by atomic mass is 16.6. The monoisotopic (exact) mass is 229 g/mol. The highest BCUT2D eigenvalue weighted by Crippen LogP contribution is 2.24. The number of benzene rings is 1. The van der Waals surface area contributed by atoms with Crippen LogP contribution in [0.4, 0.5) is 5.69 Å². The number of rotatable bonds is 3. The van der Waals surface area contributed by atoms with Gasteiger partial charge in [0.25, 0.3) is 5.69 Å². The molecule has 17 heavy (non-hydrogen) atoms. The highest BCUT2D eigenvalue weighted by Gasteiger charge is 2.28. The lowest BCUT2D eigenvalue weighted by molar-refractivity contribution is -0.385. The van der Waals surface area contributed by atoms with Gasteiger partial charge in [0.2, 0.25) is 5.78 Å². The molecule has 6 nitrogen and oxygen atoms in total. The van der Waals surface area contributed by atoms with Crippen molar-refractivity contribution in [3.05, 3.63) is 39.4 Å². The Hall–Kier alpha value is -2.73. The Morgan fingerprint density at radius 1 is 1.41 bits per heavy atom. The van der Waals surface area contributed by atoms with E-state index in [4.69, 9.17) is 10.5 Å².